The van der Waals surface area contributed by atoms with Crippen LogP contribution in [0.15, 0.2) is 35.0 Å². The number of aryl methyl sites for hydroxylation is 2. The Morgan fingerprint density at radius 1 is 1.38 bits per heavy atom. The second kappa shape index (κ2) is 7.29. The number of aromatic amines is 1. The average molecular weight is 354 g/mol. The summed E-state index contributed by atoms with van der Waals surface area (Å²) in [5, 5.41) is 5.05. The third-order valence-corrected chi connectivity index (χ3v) is 4.79. The van der Waals surface area contributed by atoms with Gasteiger partial charge in [0.1, 0.15) is 6.04 Å². The first-order chi connectivity index (χ1) is 12.7. The maximum atomic E-state index is 12.8. The van der Waals surface area contributed by atoms with Crippen molar-refractivity contribution in [3.63, 3.8) is 0 Å². The zero-order chi connectivity index (χ0) is 17.9. The molecule has 0 spiro atoms. The molecule has 1 atom stereocenters. The van der Waals surface area contributed by atoms with Gasteiger partial charge in [-0.1, -0.05) is 23.4 Å². The number of hydrogen-bond donors (Lipinski definition) is 1. The first-order valence-electron chi connectivity index (χ1n) is 8.95. The molecule has 26 heavy (non-hydrogen) atoms. The number of rotatable bonds is 5. The molecular formula is C19H22N4O3. The van der Waals surface area contributed by atoms with Crippen LogP contribution in [-0.4, -0.2) is 45.7 Å². The van der Waals surface area contributed by atoms with E-state index in [0.29, 0.717) is 37.9 Å². The number of fused-ring (bicyclic) bond motifs is 1. The van der Waals surface area contributed by atoms with Crippen molar-refractivity contribution in [2.75, 3.05) is 19.8 Å². The fraction of sp³-hybridized carbons (Fsp3) is 0.421. The van der Waals surface area contributed by atoms with Crippen LogP contribution in [0.4, 0.5) is 0 Å². The third kappa shape index (κ3) is 3.35. The lowest BCUT2D eigenvalue weighted by atomic mass is 10.1. The van der Waals surface area contributed by atoms with Gasteiger partial charge in [0.25, 0.3) is 5.89 Å². The molecule has 1 amide bonds. The van der Waals surface area contributed by atoms with Crippen molar-refractivity contribution in [3.05, 3.63) is 47.7 Å². The second-order valence-electron chi connectivity index (χ2n) is 6.57. The number of para-hydroxylation sites is 1. The van der Waals surface area contributed by atoms with E-state index in [-0.39, 0.29) is 11.9 Å². The van der Waals surface area contributed by atoms with Crippen LogP contribution in [0.1, 0.15) is 36.2 Å². The third-order valence-electron chi connectivity index (χ3n) is 4.79. The fourth-order valence-electron chi connectivity index (χ4n) is 3.47. The molecule has 7 nitrogen and oxygen atoms in total. The van der Waals surface area contributed by atoms with Gasteiger partial charge in [-0.15, -0.1) is 0 Å². The van der Waals surface area contributed by atoms with Crippen molar-refractivity contribution in [2.24, 2.45) is 0 Å². The number of morpholine rings is 1. The van der Waals surface area contributed by atoms with E-state index in [2.05, 4.69) is 27.3 Å². The second-order valence-corrected chi connectivity index (χ2v) is 6.57. The van der Waals surface area contributed by atoms with Crippen LogP contribution in [0, 0.1) is 6.92 Å². The van der Waals surface area contributed by atoms with Gasteiger partial charge in [0.2, 0.25) is 5.91 Å². The van der Waals surface area contributed by atoms with Gasteiger partial charge < -0.3 is 19.1 Å². The zero-order valence-corrected chi connectivity index (χ0v) is 14.8. The number of nitrogens with zero attached hydrogens (tertiary/aromatic N) is 3. The molecule has 3 heterocycles. The van der Waals surface area contributed by atoms with Crippen molar-refractivity contribution in [2.45, 2.75) is 32.2 Å². The summed E-state index contributed by atoms with van der Waals surface area (Å²) in [6.45, 7) is 3.26. The van der Waals surface area contributed by atoms with Crippen LogP contribution in [-0.2, 0) is 16.0 Å². The molecule has 0 unspecified atom stereocenters. The molecule has 1 N–H and O–H groups in total. The highest BCUT2D eigenvalue weighted by Gasteiger charge is 2.32. The van der Waals surface area contributed by atoms with Gasteiger partial charge in [0, 0.05) is 30.1 Å². The number of benzene rings is 1. The van der Waals surface area contributed by atoms with Crippen LogP contribution in [0.3, 0.4) is 0 Å². The van der Waals surface area contributed by atoms with Crippen molar-refractivity contribution >= 4 is 16.8 Å². The van der Waals surface area contributed by atoms with Crippen molar-refractivity contribution in [1.29, 1.82) is 0 Å². The predicted octanol–water partition coefficient (Wildman–Crippen LogP) is 2.78. The molecule has 1 aromatic carbocycles. The van der Waals surface area contributed by atoms with Crippen molar-refractivity contribution in [3.8, 4) is 0 Å². The van der Waals surface area contributed by atoms with Crippen LogP contribution < -0.4 is 0 Å². The van der Waals surface area contributed by atoms with Gasteiger partial charge in [0.05, 0.1) is 13.2 Å². The van der Waals surface area contributed by atoms with E-state index >= 15 is 0 Å². The molecule has 7 heteroatoms. The highest BCUT2D eigenvalue weighted by atomic mass is 16.5. The molecule has 3 aromatic rings. The number of nitrogens with one attached hydrogen (secondary N) is 1. The van der Waals surface area contributed by atoms with E-state index in [4.69, 9.17) is 9.26 Å². The number of ether oxygens (including phenoxy) is 1. The highest BCUT2D eigenvalue weighted by Crippen LogP contribution is 2.25. The molecule has 4 rings (SSSR count). The summed E-state index contributed by atoms with van der Waals surface area (Å²) in [6, 6.07) is 7.94. The number of aromatic nitrogens is 3. The topological polar surface area (TPSA) is 84.3 Å². The Balaban J connectivity index is 1.39. The minimum absolute atomic E-state index is 0.106. The quantitative estimate of drug-likeness (QED) is 0.762. The van der Waals surface area contributed by atoms with Gasteiger partial charge in [-0.25, -0.2) is 0 Å². The minimum Gasteiger partial charge on any atom is -0.377 e. The number of carbonyl (C=O) groups is 1. The Hall–Kier alpha value is -2.67. The zero-order valence-electron chi connectivity index (χ0n) is 14.8. The summed E-state index contributed by atoms with van der Waals surface area (Å²) in [5.74, 6) is 1.12. The summed E-state index contributed by atoms with van der Waals surface area (Å²) < 4.78 is 10.8. The van der Waals surface area contributed by atoms with Crippen molar-refractivity contribution in [1.82, 2.24) is 20.0 Å². The normalized spacial score (nSPS) is 17.7. The first-order valence-corrected chi connectivity index (χ1v) is 8.95. The van der Waals surface area contributed by atoms with E-state index < -0.39 is 0 Å². The van der Waals surface area contributed by atoms with E-state index in [0.717, 1.165) is 18.4 Å². The molecule has 1 aliphatic rings. The Morgan fingerprint density at radius 2 is 2.27 bits per heavy atom. The van der Waals surface area contributed by atoms with Crippen molar-refractivity contribution < 1.29 is 14.1 Å². The lowest BCUT2D eigenvalue weighted by Crippen LogP contribution is -2.43. The highest BCUT2D eigenvalue weighted by molar-refractivity contribution is 5.83. The molecule has 0 saturated carbocycles. The van der Waals surface area contributed by atoms with Crippen LogP contribution in [0.25, 0.3) is 10.9 Å². The summed E-state index contributed by atoms with van der Waals surface area (Å²) >= 11 is 0. The van der Waals surface area contributed by atoms with Gasteiger partial charge in [-0.2, -0.15) is 4.98 Å². The summed E-state index contributed by atoms with van der Waals surface area (Å²) in [7, 11) is 0. The van der Waals surface area contributed by atoms with Crippen LogP contribution in [0.5, 0.6) is 0 Å². The SMILES string of the molecule is Cc1noc([C@@H]2COCCN2C(=O)CCCc2c[nH]c3ccccc23)n1. The number of hydrogen-bond acceptors (Lipinski definition) is 5. The first kappa shape index (κ1) is 16.8. The fourth-order valence-corrected chi connectivity index (χ4v) is 3.47. The van der Waals surface area contributed by atoms with Gasteiger partial charge in [-0.3, -0.25) is 4.79 Å². The lowest BCUT2D eigenvalue weighted by molar-refractivity contribution is -0.141. The van der Waals surface area contributed by atoms with Gasteiger partial charge >= 0.3 is 0 Å². The average Bonchev–Trinajstić information content (AvgIpc) is 3.28. The van der Waals surface area contributed by atoms with Gasteiger partial charge in [0.15, 0.2) is 5.82 Å². The Kier molecular flexibility index (Phi) is 4.71. The summed E-state index contributed by atoms with van der Waals surface area (Å²) in [6.07, 6.45) is 4.19. The predicted molar refractivity (Wildman–Crippen MR) is 95.5 cm³/mol. The van der Waals surface area contributed by atoms with Gasteiger partial charge in [-0.05, 0) is 31.4 Å². The minimum atomic E-state index is -0.287. The molecule has 2 aromatic heterocycles. The van der Waals surface area contributed by atoms with E-state index in [9.17, 15) is 4.79 Å². The monoisotopic (exact) mass is 354 g/mol. The Bertz CT molecular complexity index is 901. The molecule has 136 valence electrons. The summed E-state index contributed by atoms with van der Waals surface area (Å²) in [4.78, 5) is 22.1. The maximum absolute atomic E-state index is 12.8. The molecule has 0 bridgehead atoms. The summed E-state index contributed by atoms with van der Waals surface area (Å²) in [5.41, 5.74) is 2.38. The molecule has 0 aliphatic carbocycles. The Labute approximate surface area is 151 Å². The smallest absolute Gasteiger partial charge is 0.251 e. The number of carbonyl (C=O) groups excluding carboxylic acids is 1. The molecule has 1 saturated heterocycles. The van der Waals surface area contributed by atoms with E-state index in [1.807, 2.05) is 23.2 Å². The Morgan fingerprint density at radius 3 is 3.12 bits per heavy atom. The molecular weight excluding hydrogens is 332 g/mol. The van der Waals surface area contributed by atoms with E-state index in [1.54, 1.807) is 6.92 Å². The molecule has 1 fully saturated rings. The number of amides is 1. The molecule has 0 radical (unpaired) electrons. The largest absolute Gasteiger partial charge is 0.377 e. The maximum Gasteiger partial charge on any atom is 0.251 e. The van der Waals surface area contributed by atoms with Crippen LogP contribution >= 0.6 is 0 Å². The van der Waals surface area contributed by atoms with E-state index in [1.165, 1.54) is 10.9 Å². The number of H-pyrrole nitrogens is 1. The molecule has 1 aliphatic heterocycles. The standard InChI is InChI=1S/C19H22N4O3/c1-13-21-19(26-22-13)17-12-25-10-9-23(17)18(24)8-4-5-14-11-20-16-7-3-2-6-15(14)16/h2-3,6-7,11,17,20H,4-5,8-10,12H2,1H3/t17-/m0/s1. The van der Waals surface area contributed by atoms with Crippen LogP contribution in [0.2, 0.25) is 0 Å². The lowest BCUT2D eigenvalue weighted by Gasteiger charge is -2.33.